The van der Waals surface area contributed by atoms with Gasteiger partial charge in [-0.3, -0.25) is 0 Å². The number of rotatable bonds is 1. The topological polar surface area (TPSA) is 81.9 Å². The predicted molar refractivity (Wildman–Crippen MR) is 93.5 cm³/mol. The number of hydrogen-bond acceptors (Lipinski definition) is 5. The average molecular weight is 387 g/mol. The number of carbonyl (C=O) groups excluding carboxylic acids is 2. The van der Waals surface area contributed by atoms with Gasteiger partial charge in [0.2, 0.25) is 0 Å². The van der Waals surface area contributed by atoms with Crippen LogP contribution in [0.1, 0.15) is 41.5 Å². The lowest BCUT2D eigenvalue weighted by molar-refractivity contribution is 0.0431. The van der Waals surface area contributed by atoms with E-state index in [-0.39, 0.29) is 0 Å². The van der Waals surface area contributed by atoms with Gasteiger partial charge in [0.05, 0.1) is 5.69 Å². The minimum atomic E-state index is -0.816. The summed E-state index contributed by atoms with van der Waals surface area (Å²) in [6, 6.07) is 4.69. The summed E-state index contributed by atoms with van der Waals surface area (Å²) in [6.45, 7) is 10.3. The summed E-state index contributed by atoms with van der Waals surface area (Å²) in [6.07, 6.45) is -1.63. The Morgan fingerprint density at radius 1 is 1.00 bits per heavy atom. The van der Waals surface area contributed by atoms with Crippen LogP contribution in [-0.2, 0) is 9.47 Å². The van der Waals surface area contributed by atoms with Crippen LogP contribution in [0.15, 0.2) is 22.7 Å². The van der Waals surface area contributed by atoms with E-state index >= 15 is 0 Å². The van der Waals surface area contributed by atoms with Gasteiger partial charge in [-0.25, -0.2) is 9.59 Å². The van der Waals surface area contributed by atoms with Crippen molar-refractivity contribution in [2.75, 3.05) is 10.6 Å². The van der Waals surface area contributed by atoms with Crippen LogP contribution in [0, 0.1) is 0 Å². The van der Waals surface area contributed by atoms with Gasteiger partial charge in [0.15, 0.2) is 0 Å². The highest BCUT2D eigenvalue weighted by molar-refractivity contribution is 9.10. The van der Waals surface area contributed by atoms with Crippen molar-refractivity contribution < 1.29 is 19.1 Å². The van der Waals surface area contributed by atoms with E-state index in [2.05, 4.69) is 15.9 Å². The van der Waals surface area contributed by atoms with E-state index in [0.717, 1.165) is 4.90 Å². The molecule has 0 bridgehead atoms. The third kappa shape index (κ3) is 6.09. The molecule has 6 nitrogen and oxygen atoms in total. The van der Waals surface area contributed by atoms with Crippen molar-refractivity contribution in [1.29, 1.82) is 0 Å². The van der Waals surface area contributed by atoms with E-state index in [9.17, 15) is 9.59 Å². The molecule has 0 aliphatic rings. The molecule has 1 aromatic rings. The Hall–Kier alpha value is -1.76. The van der Waals surface area contributed by atoms with Crippen molar-refractivity contribution in [3.63, 3.8) is 0 Å². The van der Waals surface area contributed by atoms with Gasteiger partial charge < -0.3 is 15.2 Å². The molecule has 0 saturated carbocycles. The molecule has 0 saturated heterocycles. The van der Waals surface area contributed by atoms with Gasteiger partial charge >= 0.3 is 12.2 Å². The second kappa shape index (κ2) is 6.78. The molecule has 0 unspecified atom stereocenters. The van der Waals surface area contributed by atoms with Crippen molar-refractivity contribution in [3.05, 3.63) is 22.7 Å². The molecule has 128 valence electrons. The summed E-state index contributed by atoms with van der Waals surface area (Å²) in [5, 5.41) is 0. The van der Waals surface area contributed by atoms with Crippen LogP contribution in [0.3, 0.4) is 0 Å². The fourth-order valence-electron chi connectivity index (χ4n) is 1.56. The van der Waals surface area contributed by atoms with Crippen LogP contribution in [0.4, 0.5) is 21.0 Å². The highest BCUT2D eigenvalue weighted by atomic mass is 79.9. The first kappa shape index (κ1) is 19.3. The normalized spacial score (nSPS) is 11.8. The highest BCUT2D eigenvalue weighted by Crippen LogP contribution is 2.28. The fourth-order valence-corrected chi connectivity index (χ4v) is 1.92. The van der Waals surface area contributed by atoms with E-state index in [0.29, 0.717) is 15.8 Å². The standard InChI is InChI=1S/C16H23BrN2O4/c1-15(2,3)22-13(20)19(14(21)23-16(4,5)6)10-7-8-12(18)11(17)9-10/h7-9H,18H2,1-6H3. The van der Waals surface area contributed by atoms with Crippen molar-refractivity contribution in [2.45, 2.75) is 52.7 Å². The zero-order valence-corrected chi connectivity index (χ0v) is 15.9. The number of hydrogen-bond donors (Lipinski definition) is 1. The maximum Gasteiger partial charge on any atom is 0.424 e. The van der Waals surface area contributed by atoms with E-state index in [4.69, 9.17) is 15.2 Å². The van der Waals surface area contributed by atoms with E-state index < -0.39 is 23.4 Å². The molecule has 0 aliphatic heterocycles. The SMILES string of the molecule is CC(C)(C)OC(=O)N(C(=O)OC(C)(C)C)c1ccc(N)c(Br)c1. The van der Waals surface area contributed by atoms with Gasteiger partial charge in [-0.1, -0.05) is 0 Å². The smallest absolute Gasteiger partial charge is 0.424 e. The highest BCUT2D eigenvalue weighted by Gasteiger charge is 2.32. The number of nitrogen functional groups attached to an aromatic ring is 1. The van der Waals surface area contributed by atoms with Crippen LogP contribution >= 0.6 is 15.9 Å². The molecule has 1 rings (SSSR count). The van der Waals surface area contributed by atoms with Gasteiger partial charge in [0.25, 0.3) is 0 Å². The minimum absolute atomic E-state index is 0.301. The predicted octanol–water partition coefficient (Wildman–Crippen LogP) is 4.71. The van der Waals surface area contributed by atoms with Crippen LogP contribution in [0.5, 0.6) is 0 Å². The number of amides is 2. The Labute approximate surface area is 145 Å². The summed E-state index contributed by atoms with van der Waals surface area (Å²) in [5.41, 5.74) is 5.04. The van der Waals surface area contributed by atoms with Crippen LogP contribution in [0.25, 0.3) is 0 Å². The largest absolute Gasteiger partial charge is 0.443 e. The first-order valence-corrected chi connectivity index (χ1v) is 7.90. The second-order valence-electron chi connectivity index (χ2n) is 7.00. The Balaban J connectivity index is 3.22. The van der Waals surface area contributed by atoms with Gasteiger partial charge in [-0.05, 0) is 75.7 Å². The lowest BCUT2D eigenvalue weighted by Gasteiger charge is -2.28. The lowest BCUT2D eigenvalue weighted by atomic mass is 10.2. The molecule has 0 spiro atoms. The number of ether oxygens (including phenoxy) is 2. The van der Waals surface area contributed by atoms with E-state index in [1.165, 1.54) is 0 Å². The van der Waals surface area contributed by atoms with E-state index in [1.54, 1.807) is 59.7 Å². The van der Waals surface area contributed by atoms with Crippen molar-refractivity contribution in [3.8, 4) is 0 Å². The molecule has 7 heteroatoms. The summed E-state index contributed by atoms with van der Waals surface area (Å²) in [4.78, 5) is 25.7. The molecule has 0 radical (unpaired) electrons. The maximum atomic E-state index is 12.4. The summed E-state index contributed by atoms with van der Waals surface area (Å²) in [7, 11) is 0. The second-order valence-corrected chi connectivity index (χ2v) is 7.86. The first-order valence-electron chi connectivity index (χ1n) is 7.11. The number of imide groups is 1. The summed E-state index contributed by atoms with van der Waals surface area (Å²) in [5.74, 6) is 0. The van der Waals surface area contributed by atoms with Gasteiger partial charge in [0.1, 0.15) is 11.2 Å². The van der Waals surface area contributed by atoms with Crippen molar-refractivity contribution >= 4 is 39.5 Å². The van der Waals surface area contributed by atoms with Gasteiger partial charge in [-0.15, -0.1) is 0 Å². The average Bonchev–Trinajstić information content (AvgIpc) is 2.29. The Morgan fingerprint density at radius 3 is 1.78 bits per heavy atom. The molecular formula is C16H23BrN2O4. The van der Waals surface area contributed by atoms with Gasteiger partial charge in [-0.2, -0.15) is 4.90 Å². The molecule has 0 fully saturated rings. The number of nitrogens with two attached hydrogens (primary N) is 1. The molecule has 2 N–H and O–H groups in total. The maximum absolute atomic E-state index is 12.4. The third-order valence-corrected chi connectivity index (χ3v) is 3.08. The molecule has 23 heavy (non-hydrogen) atoms. The minimum Gasteiger partial charge on any atom is -0.443 e. The van der Waals surface area contributed by atoms with Crippen LogP contribution in [0.2, 0.25) is 0 Å². The molecule has 0 aromatic heterocycles. The number of halogens is 1. The molecule has 0 heterocycles. The molecular weight excluding hydrogens is 364 g/mol. The van der Waals surface area contributed by atoms with Crippen LogP contribution in [-0.4, -0.2) is 23.4 Å². The quantitative estimate of drug-likeness (QED) is 0.706. The molecule has 0 aliphatic carbocycles. The monoisotopic (exact) mass is 386 g/mol. The van der Waals surface area contributed by atoms with Gasteiger partial charge in [0, 0.05) is 10.2 Å². The number of benzene rings is 1. The van der Waals surface area contributed by atoms with E-state index in [1.807, 2.05) is 0 Å². The fraction of sp³-hybridized carbons (Fsp3) is 0.500. The molecule has 2 amide bonds. The number of carbonyl (C=O) groups is 2. The summed E-state index contributed by atoms with van der Waals surface area (Å²) >= 11 is 3.28. The Kier molecular flexibility index (Phi) is 5.69. The summed E-state index contributed by atoms with van der Waals surface area (Å²) < 4.78 is 11.2. The molecule has 1 aromatic carbocycles. The Morgan fingerprint density at radius 2 is 1.43 bits per heavy atom. The number of anilines is 2. The lowest BCUT2D eigenvalue weighted by Crippen LogP contribution is -2.43. The third-order valence-electron chi connectivity index (χ3n) is 2.39. The van der Waals surface area contributed by atoms with Crippen molar-refractivity contribution in [1.82, 2.24) is 0 Å². The zero-order valence-electron chi connectivity index (χ0n) is 14.3. The van der Waals surface area contributed by atoms with Crippen molar-refractivity contribution in [2.24, 2.45) is 0 Å². The molecule has 0 atom stereocenters. The first-order chi connectivity index (χ1) is 10.3. The zero-order chi connectivity index (χ0) is 18.0. The number of nitrogens with zero attached hydrogens (tertiary/aromatic N) is 1. The van der Waals surface area contributed by atoms with Crippen LogP contribution < -0.4 is 10.6 Å². The Bertz CT molecular complexity index is 575.